The standard InChI is InChI=1S/C16H28F6NO5P/c1-6-26-13(24)23-14(15(17,18)19,16(20,21)22)29(25,27-9-7-11(2)3)28-10-8-12(4)5/h11-12H,6-10H2,1-5H3,(H,23,24). The van der Waals surface area contributed by atoms with Crippen molar-refractivity contribution >= 4 is 13.7 Å². The molecule has 0 aliphatic carbocycles. The molecule has 1 amide bonds. The molecule has 0 heterocycles. The number of rotatable bonds is 11. The van der Waals surface area contributed by atoms with Crippen LogP contribution >= 0.6 is 7.60 Å². The molecule has 0 aromatic carbocycles. The molecule has 0 radical (unpaired) electrons. The lowest BCUT2D eigenvalue weighted by molar-refractivity contribution is -0.280. The summed E-state index contributed by atoms with van der Waals surface area (Å²) in [5.41, 5.74) is 0. The van der Waals surface area contributed by atoms with E-state index < -0.39 is 51.1 Å². The molecular formula is C16H28F6NO5P. The van der Waals surface area contributed by atoms with Crippen LogP contribution in [0.3, 0.4) is 0 Å². The van der Waals surface area contributed by atoms with Crippen LogP contribution in [0.2, 0.25) is 0 Å². The first-order valence-electron chi connectivity index (χ1n) is 9.01. The summed E-state index contributed by atoms with van der Waals surface area (Å²) in [5, 5.41) is -4.58. The van der Waals surface area contributed by atoms with Crippen molar-refractivity contribution in [1.82, 2.24) is 5.32 Å². The van der Waals surface area contributed by atoms with Crippen LogP contribution in [0.25, 0.3) is 0 Å². The Hall–Kier alpha value is -1.00. The van der Waals surface area contributed by atoms with E-state index in [0.717, 1.165) is 0 Å². The second-order valence-electron chi connectivity index (χ2n) is 7.08. The summed E-state index contributed by atoms with van der Waals surface area (Å²) < 4.78 is 109. The van der Waals surface area contributed by atoms with Crippen LogP contribution in [0.5, 0.6) is 0 Å². The van der Waals surface area contributed by atoms with Gasteiger partial charge in [0, 0.05) is 0 Å². The van der Waals surface area contributed by atoms with Crippen molar-refractivity contribution in [2.24, 2.45) is 11.8 Å². The Balaban J connectivity index is 6.40. The number of alkyl halides is 6. The second kappa shape index (κ2) is 10.9. The molecule has 0 bridgehead atoms. The molecule has 174 valence electrons. The van der Waals surface area contributed by atoms with Crippen LogP contribution in [-0.2, 0) is 18.3 Å². The summed E-state index contributed by atoms with van der Waals surface area (Å²) in [5.74, 6) is -0.327. The van der Waals surface area contributed by atoms with Crippen molar-refractivity contribution in [3.05, 3.63) is 0 Å². The lowest BCUT2D eigenvalue weighted by atomic mass is 10.2. The maximum absolute atomic E-state index is 13.8. The smallest absolute Gasteiger partial charge is 0.432 e. The predicted molar refractivity (Wildman–Crippen MR) is 93.4 cm³/mol. The van der Waals surface area contributed by atoms with Gasteiger partial charge in [-0.3, -0.25) is 9.88 Å². The Bertz CT molecular complexity index is 533. The molecule has 0 aromatic heterocycles. The van der Waals surface area contributed by atoms with Gasteiger partial charge in [-0.25, -0.2) is 4.79 Å². The number of amides is 1. The van der Waals surface area contributed by atoms with E-state index >= 15 is 0 Å². The average Bonchev–Trinajstić information content (AvgIpc) is 2.49. The fourth-order valence-electron chi connectivity index (χ4n) is 2.04. The fourth-order valence-corrected chi connectivity index (χ4v) is 4.05. The fraction of sp³-hybridized carbons (Fsp3) is 0.938. The van der Waals surface area contributed by atoms with Crippen molar-refractivity contribution in [2.45, 2.75) is 65.1 Å². The highest BCUT2D eigenvalue weighted by Gasteiger charge is 2.83. The van der Waals surface area contributed by atoms with Gasteiger partial charge in [-0.2, -0.15) is 26.3 Å². The van der Waals surface area contributed by atoms with E-state index in [4.69, 9.17) is 0 Å². The Morgan fingerprint density at radius 1 is 0.897 bits per heavy atom. The number of nitrogens with one attached hydrogen (secondary N) is 1. The molecule has 13 heteroatoms. The van der Waals surface area contributed by atoms with Gasteiger partial charge in [-0.05, 0) is 31.6 Å². The molecule has 29 heavy (non-hydrogen) atoms. The monoisotopic (exact) mass is 459 g/mol. The number of alkyl carbamates (subject to hydrolysis) is 1. The molecule has 0 atom stereocenters. The second-order valence-corrected chi connectivity index (χ2v) is 9.26. The van der Waals surface area contributed by atoms with E-state index in [0.29, 0.717) is 5.32 Å². The lowest BCUT2D eigenvalue weighted by Gasteiger charge is -2.41. The first-order chi connectivity index (χ1) is 13.0. The molecule has 6 nitrogen and oxygen atoms in total. The molecule has 1 N–H and O–H groups in total. The van der Waals surface area contributed by atoms with Gasteiger partial charge in [-0.15, -0.1) is 0 Å². The van der Waals surface area contributed by atoms with Crippen LogP contribution in [-0.4, -0.2) is 43.5 Å². The summed E-state index contributed by atoms with van der Waals surface area (Å²) in [6.07, 6.45) is -14.5. The predicted octanol–water partition coefficient (Wildman–Crippen LogP) is 5.87. The third-order valence-corrected chi connectivity index (χ3v) is 6.19. The first kappa shape index (κ1) is 28.0. The Morgan fingerprint density at radius 3 is 1.55 bits per heavy atom. The first-order valence-corrected chi connectivity index (χ1v) is 10.6. The quantitative estimate of drug-likeness (QED) is 0.309. The van der Waals surface area contributed by atoms with Crippen LogP contribution in [0.1, 0.15) is 47.5 Å². The number of halogens is 6. The van der Waals surface area contributed by atoms with Crippen molar-refractivity contribution in [3.8, 4) is 0 Å². The van der Waals surface area contributed by atoms with Gasteiger partial charge < -0.3 is 13.8 Å². The third kappa shape index (κ3) is 7.32. The van der Waals surface area contributed by atoms with E-state index in [1.165, 1.54) is 6.92 Å². The normalized spacial score (nSPS) is 13.8. The number of carbonyl (C=O) groups is 1. The van der Waals surface area contributed by atoms with E-state index in [9.17, 15) is 35.7 Å². The van der Waals surface area contributed by atoms with E-state index in [-0.39, 0.29) is 24.7 Å². The van der Waals surface area contributed by atoms with E-state index in [1.807, 2.05) is 0 Å². The minimum absolute atomic E-state index is 0.0166. The molecule has 0 spiro atoms. The van der Waals surface area contributed by atoms with Crippen molar-refractivity contribution in [1.29, 1.82) is 0 Å². The minimum atomic E-state index is -6.26. The van der Waals surface area contributed by atoms with Crippen molar-refractivity contribution in [3.63, 3.8) is 0 Å². The molecular weight excluding hydrogens is 431 g/mol. The van der Waals surface area contributed by atoms with Gasteiger partial charge >= 0.3 is 31.3 Å². The highest BCUT2D eigenvalue weighted by Crippen LogP contribution is 2.69. The summed E-state index contributed by atoms with van der Waals surface area (Å²) in [6.45, 7) is 5.85. The van der Waals surface area contributed by atoms with Crippen LogP contribution in [0, 0.1) is 11.8 Å². The van der Waals surface area contributed by atoms with E-state index in [2.05, 4.69) is 13.8 Å². The largest absolute Gasteiger partial charge is 0.450 e. The third-order valence-electron chi connectivity index (χ3n) is 3.70. The molecule has 0 aromatic rings. The van der Waals surface area contributed by atoms with Crippen LogP contribution in [0.15, 0.2) is 0 Å². The molecule has 0 rings (SSSR count). The SMILES string of the molecule is CCOC(=O)NC(C(F)(F)F)(C(F)(F)F)P(=O)(OCCC(C)C)OCCC(C)C. The Kier molecular flexibility index (Phi) is 10.5. The zero-order chi connectivity index (χ0) is 23.1. The van der Waals surface area contributed by atoms with Crippen molar-refractivity contribution in [2.75, 3.05) is 19.8 Å². The van der Waals surface area contributed by atoms with E-state index in [1.54, 1.807) is 27.7 Å². The zero-order valence-corrected chi connectivity index (χ0v) is 17.8. The maximum atomic E-state index is 13.8. The molecule has 0 fully saturated rings. The molecule has 0 saturated carbocycles. The zero-order valence-electron chi connectivity index (χ0n) is 16.9. The van der Waals surface area contributed by atoms with Gasteiger partial charge in [0.2, 0.25) is 0 Å². The summed E-state index contributed by atoms with van der Waals surface area (Å²) in [4.78, 5) is 11.6. The van der Waals surface area contributed by atoms with Gasteiger partial charge in [0.15, 0.2) is 0 Å². The number of carbonyl (C=O) groups excluding carboxylic acids is 1. The van der Waals surface area contributed by atoms with Gasteiger partial charge in [0.05, 0.1) is 19.8 Å². The summed E-state index contributed by atoms with van der Waals surface area (Å²) in [7, 11) is -6.06. The number of ether oxygens (including phenoxy) is 1. The molecule has 0 unspecified atom stereocenters. The molecule has 0 saturated heterocycles. The highest BCUT2D eigenvalue weighted by molar-refractivity contribution is 7.55. The van der Waals surface area contributed by atoms with Crippen LogP contribution in [0.4, 0.5) is 31.1 Å². The summed E-state index contributed by atoms with van der Waals surface area (Å²) >= 11 is 0. The maximum Gasteiger partial charge on any atom is 0.432 e. The van der Waals surface area contributed by atoms with Gasteiger partial charge in [0.25, 0.3) is 0 Å². The average molecular weight is 459 g/mol. The highest BCUT2D eigenvalue weighted by atomic mass is 31.2. The lowest BCUT2D eigenvalue weighted by Crippen LogP contribution is -2.67. The van der Waals surface area contributed by atoms with Crippen LogP contribution < -0.4 is 5.32 Å². The summed E-state index contributed by atoms with van der Waals surface area (Å²) in [6, 6.07) is 0. The topological polar surface area (TPSA) is 73.9 Å². The molecule has 0 aliphatic rings. The Labute approximate surface area is 166 Å². The van der Waals surface area contributed by atoms with Gasteiger partial charge in [-0.1, -0.05) is 27.7 Å². The number of hydrogen-bond donors (Lipinski definition) is 1. The number of hydrogen-bond acceptors (Lipinski definition) is 5. The Morgan fingerprint density at radius 2 is 1.28 bits per heavy atom. The minimum Gasteiger partial charge on any atom is -0.450 e. The van der Waals surface area contributed by atoms with Gasteiger partial charge in [0.1, 0.15) is 0 Å². The molecule has 0 aliphatic heterocycles. The van der Waals surface area contributed by atoms with Crippen molar-refractivity contribution < 1.29 is 49.5 Å².